The highest BCUT2D eigenvalue weighted by molar-refractivity contribution is 9.10. The van der Waals surface area contributed by atoms with Crippen molar-refractivity contribution in [2.45, 2.75) is 6.61 Å². The fourth-order valence-corrected chi connectivity index (χ4v) is 1.96. The van der Waals surface area contributed by atoms with E-state index in [0.29, 0.717) is 15.2 Å². The summed E-state index contributed by atoms with van der Waals surface area (Å²) < 4.78 is 19.6. The van der Waals surface area contributed by atoms with Gasteiger partial charge in [-0.15, -0.1) is 0 Å². The molecule has 0 heterocycles. The van der Waals surface area contributed by atoms with Gasteiger partial charge < -0.3 is 10.5 Å². The highest BCUT2D eigenvalue weighted by Crippen LogP contribution is 2.24. The average Bonchev–Trinajstić information content (AvgIpc) is 2.30. The minimum absolute atomic E-state index is 0.188. The Hall–Kier alpha value is -1.26. The highest BCUT2D eigenvalue weighted by atomic mass is 79.9. The number of rotatable bonds is 3. The lowest BCUT2D eigenvalue weighted by molar-refractivity contribution is 0.291. The predicted octanol–water partition coefficient (Wildman–Crippen LogP) is 4.40. The smallest absolute Gasteiger partial charge is 0.166 e. The Morgan fingerprint density at radius 2 is 2.00 bits per heavy atom. The normalized spacial score (nSPS) is 10.4. The Bertz CT molecular complexity index is 525. The summed E-state index contributed by atoms with van der Waals surface area (Å²) in [6, 6.07) is 9.73. The second-order valence-electron chi connectivity index (χ2n) is 3.71. The van der Waals surface area contributed by atoms with Crippen LogP contribution in [0.25, 0.3) is 0 Å². The lowest BCUT2D eigenvalue weighted by Gasteiger charge is -2.09. The van der Waals surface area contributed by atoms with Crippen LogP contribution in [-0.2, 0) is 6.61 Å². The summed E-state index contributed by atoms with van der Waals surface area (Å²) in [6.07, 6.45) is 0. The van der Waals surface area contributed by atoms with Crippen LogP contribution in [0.3, 0.4) is 0 Å². The van der Waals surface area contributed by atoms with E-state index in [9.17, 15) is 4.39 Å². The molecule has 0 bridgehead atoms. The van der Waals surface area contributed by atoms with Gasteiger partial charge in [0.1, 0.15) is 6.61 Å². The second-order valence-corrected chi connectivity index (χ2v) is 5.06. The molecular formula is C13H10BrClFNO. The number of hydrogen-bond acceptors (Lipinski definition) is 2. The van der Waals surface area contributed by atoms with Crippen molar-refractivity contribution in [2.24, 2.45) is 0 Å². The van der Waals surface area contributed by atoms with E-state index in [2.05, 4.69) is 15.9 Å². The van der Waals surface area contributed by atoms with Gasteiger partial charge in [0, 0.05) is 20.7 Å². The maximum Gasteiger partial charge on any atom is 0.166 e. The van der Waals surface area contributed by atoms with Crippen molar-refractivity contribution in [3.05, 3.63) is 57.3 Å². The molecule has 94 valence electrons. The molecule has 2 aromatic rings. The van der Waals surface area contributed by atoms with Crippen LogP contribution >= 0.6 is 27.5 Å². The van der Waals surface area contributed by atoms with Crippen molar-refractivity contribution >= 4 is 33.2 Å². The zero-order valence-electron chi connectivity index (χ0n) is 9.29. The monoisotopic (exact) mass is 329 g/mol. The lowest BCUT2D eigenvalue weighted by atomic mass is 10.2. The summed E-state index contributed by atoms with van der Waals surface area (Å²) in [5.41, 5.74) is 7.08. The van der Waals surface area contributed by atoms with Gasteiger partial charge >= 0.3 is 0 Å². The fourth-order valence-electron chi connectivity index (χ4n) is 1.45. The molecule has 0 aliphatic heterocycles. The molecule has 0 fully saturated rings. The molecule has 2 N–H and O–H groups in total. The molecule has 0 aromatic heterocycles. The van der Waals surface area contributed by atoms with E-state index >= 15 is 0 Å². The first-order valence-corrected chi connectivity index (χ1v) is 6.35. The minimum Gasteiger partial charge on any atom is -0.486 e. The maximum atomic E-state index is 13.5. The van der Waals surface area contributed by atoms with Gasteiger partial charge in [0.2, 0.25) is 0 Å². The second kappa shape index (κ2) is 5.59. The van der Waals surface area contributed by atoms with Gasteiger partial charge in [-0.3, -0.25) is 0 Å². The number of hydrogen-bond donors (Lipinski definition) is 1. The van der Waals surface area contributed by atoms with E-state index in [0.717, 1.165) is 5.56 Å². The molecule has 2 rings (SSSR count). The Morgan fingerprint density at radius 3 is 2.67 bits per heavy atom. The van der Waals surface area contributed by atoms with Gasteiger partial charge in [-0.2, -0.15) is 0 Å². The Balaban J connectivity index is 2.11. The molecule has 2 nitrogen and oxygen atoms in total. The zero-order chi connectivity index (χ0) is 13.1. The first-order chi connectivity index (χ1) is 8.56. The van der Waals surface area contributed by atoms with Crippen molar-refractivity contribution in [3.8, 4) is 5.75 Å². The van der Waals surface area contributed by atoms with Crippen molar-refractivity contribution in [3.63, 3.8) is 0 Å². The lowest BCUT2D eigenvalue weighted by Crippen LogP contribution is -2.01. The maximum absolute atomic E-state index is 13.5. The van der Waals surface area contributed by atoms with E-state index in [1.807, 2.05) is 0 Å². The Morgan fingerprint density at radius 1 is 1.22 bits per heavy atom. The molecule has 0 spiro atoms. The first-order valence-electron chi connectivity index (χ1n) is 5.18. The Labute approximate surface area is 118 Å². The molecule has 0 unspecified atom stereocenters. The van der Waals surface area contributed by atoms with Crippen LogP contribution in [0.4, 0.5) is 10.1 Å². The molecule has 0 saturated heterocycles. The number of ether oxygens (including phenoxy) is 1. The minimum atomic E-state index is -0.420. The molecule has 0 radical (unpaired) electrons. The van der Waals surface area contributed by atoms with Crippen LogP contribution in [-0.4, -0.2) is 0 Å². The van der Waals surface area contributed by atoms with Crippen LogP contribution in [0.2, 0.25) is 5.02 Å². The quantitative estimate of drug-likeness (QED) is 0.846. The molecule has 5 heteroatoms. The summed E-state index contributed by atoms with van der Waals surface area (Å²) in [6.45, 7) is 0.196. The van der Waals surface area contributed by atoms with E-state index in [1.165, 1.54) is 6.07 Å². The van der Waals surface area contributed by atoms with Crippen molar-refractivity contribution in [1.29, 1.82) is 0 Å². The molecule has 0 atom stereocenters. The standard InChI is InChI=1S/C13H10BrClFNO/c14-9-2-4-13(11(16)5-9)18-7-8-1-3-10(15)6-12(8)17/h1-6H,7,17H2. The van der Waals surface area contributed by atoms with E-state index in [4.69, 9.17) is 22.1 Å². The topological polar surface area (TPSA) is 35.2 Å². The summed E-state index contributed by atoms with van der Waals surface area (Å²) in [5, 5.41) is 0.561. The van der Waals surface area contributed by atoms with Crippen LogP contribution in [0.15, 0.2) is 40.9 Å². The SMILES string of the molecule is Nc1cc(Cl)ccc1COc1ccc(Br)cc1F. The van der Waals surface area contributed by atoms with Crippen molar-refractivity contribution < 1.29 is 9.13 Å². The van der Waals surface area contributed by atoms with E-state index in [1.54, 1.807) is 30.3 Å². The van der Waals surface area contributed by atoms with Gasteiger partial charge in [-0.05, 0) is 30.3 Å². The molecule has 2 aromatic carbocycles. The summed E-state index contributed by atoms with van der Waals surface area (Å²) >= 11 is 8.97. The van der Waals surface area contributed by atoms with E-state index in [-0.39, 0.29) is 12.4 Å². The molecule has 18 heavy (non-hydrogen) atoms. The van der Waals surface area contributed by atoms with Crippen LogP contribution in [0.1, 0.15) is 5.56 Å². The number of halogens is 3. The number of nitrogen functional groups attached to an aromatic ring is 1. The first kappa shape index (κ1) is 13.2. The number of nitrogens with two attached hydrogens (primary N) is 1. The third-order valence-corrected chi connectivity index (χ3v) is 3.11. The fraction of sp³-hybridized carbons (Fsp3) is 0.0769. The molecular weight excluding hydrogens is 321 g/mol. The predicted molar refractivity (Wildman–Crippen MR) is 74.3 cm³/mol. The van der Waals surface area contributed by atoms with Gasteiger partial charge in [0.05, 0.1) is 0 Å². The number of anilines is 1. The third-order valence-electron chi connectivity index (χ3n) is 2.39. The largest absolute Gasteiger partial charge is 0.486 e. The summed E-state index contributed by atoms with van der Waals surface area (Å²) in [4.78, 5) is 0. The summed E-state index contributed by atoms with van der Waals surface area (Å²) in [5.74, 6) is -0.232. The van der Waals surface area contributed by atoms with Crippen LogP contribution < -0.4 is 10.5 Å². The molecule has 0 amide bonds. The molecule has 0 saturated carbocycles. The Kier molecular flexibility index (Phi) is 4.09. The number of benzene rings is 2. The third kappa shape index (κ3) is 3.15. The zero-order valence-corrected chi connectivity index (χ0v) is 11.6. The van der Waals surface area contributed by atoms with Gasteiger partial charge in [-0.25, -0.2) is 4.39 Å². The van der Waals surface area contributed by atoms with Gasteiger partial charge in [-0.1, -0.05) is 33.6 Å². The van der Waals surface area contributed by atoms with E-state index < -0.39 is 5.82 Å². The van der Waals surface area contributed by atoms with Crippen LogP contribution in [0.5, 0.6) is 5.75 Å². The molecule has 0 aliphatic rings. The summed E-state index contributed by atoms with van der Waals surface area (Å²) in [7, 11) is 0. The average molecular weight is 331 g/mol. The van der Waals surface area contributed by atoms with Gasteiger partial charge in [0.15, 0.2) is 11.6 Å². The van der Waals surface area contributed by atoms with Crippen molar-refractivity contribution in [1.82, 2.24) is 0 Å². The van der Waals surface area contributed by atoms with Gasteiger partial charge in [0.25, 0.3) is 0 Å². The van der Waals surface area contributed by atoms with Crippen molar-refractivity contribution in [2.75, 3.05) is 5.73 Å². The van der Waals surface area contributed by atoms with Crippen LogP contribution in [0, 0.1) is 5.82 Å². The highest BCUT2D eigenvalue weighted by Gasteiger charge is 2.06. The molecule has 0 aliphatic carbocycles.